The minimum absolute atomic E-state index is 0.00809. The number of carbonyl (C=O) groups is 1. The summed E-state index contributed by atoms with van der Waals surface area (Å²) in [6.07, 6.45) is 6.24. The van der Waals surface area contributed by atoms with E-state index in [9.17, 15) is 22.9 Å². The van der Waals surface area contributed by atoms with E-state index in [0.29, 0.717) is 11.5 Å². The Morgan fingerprint density at radius 3 is 2.37 bits per heavy atom. The Morgan fingerprint density at radius 2 is 1.72 bits per heavy atom. The maximum absolute atomic E-state index is 13.6. The number of amides is 1. The van der Waals surface area contributed by atoms with E-state index >= 15 is 0 Å². The summed E-state index contributed by atoms with van der Waals surface area (Å²) >= 11 is -1.41. The number of nitrogens with zero attached hydrogens (tertiary/aromatic N) is 1. The number of nitrogens with one attached hydrogen (secondary N) is 2. The zero-order valence-corrected chi connectivity index (χ0v) is 27.4. The number of hydrogen-bond donors (Lipinski definition) is 3. The fraction of sp³-hybridized carbons (Fsp3) is 0.545. The molecule has 0 radical (unpaired) electrons. The van der Waals surface area contributed by atoms with Crippen molar-refractivity contribution in [2.45, 2.75) is 95.2 Å². The van der Waals surface area contributed by atoms with Crippen molar-refractivity contribution in [3.05, 3.63) is 53.7 Å². The van der Waals surface area contributed by atoms with Gasteiger partial charge in [0.05, 0.1) is 39.6 Å². The average molecular weight is 628 g/mol. The molecule has 5 rings (SSSR count). The molecule has 8 nitrogen and oxygen atoms in total. The number of aliphatic hydroxyl groups is 1. The van der Waals surface area contributed by atoms with Crippen molar-refractivity contribution in [1.29, 1.82) is 0 Å². The molecule has 1 atom stereocenters. The van der Waals surface area contributed by atoms with Gasteiger partial charge < -0.3 is 19.5 Å². The Kier molecular flexibility index (Phi) is 9.35. The fourth-order valence-electron chi connectivity index (χ4n) is 6.39. The number of fused-ring (bicyclic) bond motifs is 1. The van der Waals surface area contributed by atoms with Gasteiger partial charge in [-0.2, -0.15) is 0 Å². The van der Waals surface area contributed by atoms with Gasteiger partial charge in [-0.3, -0.25) is 4.79 Å². The molecular weight excluding hydrogens is 583 g/mol. The van der Waals surface area contributed by atoms with Crippen LogP contribution in [0, 0.1) is 12.8 Å². The van der Waals surface area contributed by atoms with E-state index in [1.54, 1.807) is 0 Å². The molecule has 1 aromatic heterocycles. The van der Waals surface area contributed by atoms with E-state index in [1.807, 2.05) is 70.2 Å². The number of rotatable bonds is 8. The van der Waals surface area contributed by atoms with Crippen molar-refractivity contribution in [3.8, 4) is 11.3 Å². The van der Waals surface area contributed by atoms with Crippen LogP contribution >= 0.6 is 0 Å². The van der Waals surface area contributed by atoms with Crippen LogP contribution < -0.4 is 10.0 Å². The van der Waals surface area contributed by atoms with Gasteiger partial charge in [0, 0.05) is 35.4 Å². The van der Waals surface area contributed by atoms with Crippen molar-refractivity contribution in [2.75, 3.05) is 18.1 Å². The highest BCUT2D eigenvalue weighted by Gasteiger charge is 2.36. The molecule has 1 saturated heterocycles. The van der Waals surface area contributed by atoms with Crippen molar-refractivity contribution in [1.82, 2.24) is 14.6 Å². The molecule has 2 fully saturated rings. The summed E-state index contributed by atoms with van der Waals surface area (Å²) in [6, 6.07) is 13.9. The summed E-state index contributed by atoms with van der Waals surface area (Å²) in [7, 11) is -3.13. The van der Waals surface area contributed by atoms with Gasteiger partial charge in [0.2, 0.25) is 0 Å². The van der Waals surface area contributed by atoms with Crippen LogP contribution in [0.5, 0.6) is 0 Å². The quantitative estimate of drug-likeness (QED) is 0.292. The Hall–Kier alpha value is -2.37. The first-order valence-corrected chi connectivity index (χ1v) is 18.4. The lowest BCUT2D eigenvalue weighted by Gasteiger charge is -2.31. The van der Waals surface area contributed by atoms with Crippen LogP contribution in [0.15, 0.2) is 47.4 Å². The normalized spacial score (nSPS) is 19.8. The highest BCUT2D eigenvalue weighted by Crippen LogP contribution is 2.37. The van der Waals surface area contributed by atoms with Gasteiger partial charge in [0.15, 0.2) is 14.7 Å². The van der Waals surface area contributed by atoms with Gasteiger partial charge in [0.25, 0.3) is 5.91 Å². The molecule has 1 aliphatic carbocycles. The third-order valence-corrected chi connectivity index (χ3v) is 12.1. The monoisotopic (exact) mass is 627 g/mol. The zero-order chi connectivity index (χ0) is 31.0. The fourth-order valence-corrected chi connectivity index (χ4v) is 9.21. The molecule has 1 aliphatic heterocycles. The number of hydrogen-bond acceptors (Lipinski definition) is 6. The van der Waals surface area contributed by atoms with Crippen molar-refractivity contribution in [2.24, 2.45) is 5.92 Å². The second kappa shape index (κ2) is 12.6. The minimum atomic E-state index is -3.13. The van der Waals surface area contributed by atoms with Crippen molar-refractivity contribution in [3.63, 3.8) is 0 Å². The van der Waals surface area contributed by atoms with Crippen LogP contribution in [0.2, 0.25) is 0 Å². The van der Waals surface area contributed by atoms with E-state index in [2.05, 4.69) is 14.6 Å². The molecule has 2 aromatic carbocycles. The first-order chi connectivity index (χ1) is 20.3. The number of sulfone groups is 1. The van der Waals surface area contributed by atoms with Gasteiger partial charge in [-0.1, -0.05) is 37.5 Å². The predicted octanol–water partition coefficient (Wildman–Crippen LogP) is 5.28. The van der Waals surface area contributed by atoms with Crippen LogP contribution in [0.4, 0.5) is 0 Å². The predicted molar refractivity (Wildman–Crippen MR) is 173 cm³/mol. The van der Waals surface area contributed by atoms with E-state index in [0.717, 1.165) is 52.0 Å². The van der Waals surface area contributed by atoms with Gasteiger partial charge >= 0.3 is 0 Å². The van der Waals surface area contributed by atoms with Crippen LogP contribution in [-0.4, -0.2) is 57.7 Å². The number of benzene rings is 2. The van der Waals surface area contributed by atoms with E-state index in [-0.39, 0.29) is 42.3 Å². The van der Waals surface area contributed by atoms with Crippen molar-refractivity contribution >= 4 is 37.9 Å². The third kappa shape index (κ3) is 7.48. The largest absolute Gasteiger partial charge is 0.593 e. The van der Waals surface area contributed by atoms with Crippen molar-refractivity contribution < 1.29 is 22.9 Å². The van der Waals surface area contributed by atoms with Crippen LogP contribution in [0.1, 0.15) is 81.8 Å². The molecule has 3 N–H and O–H groups in total. The lowest BCUT2D eigenvalue weighted by atomic mass is 9.89. The number of carbonyl (C=O) groups excluding carboxylic acids is 1. The lowest BCUT2D eigenvalue weighted by Crippen LogP contribution is -2.48. The summed E-state index contributed by atoms with van der Waals surface area (Å²) in [5.74, 6) is 0.103. The molecule has 2 aliphatic rings. The summed E-state index contributed by atoms with van der Waals surface area (Å²) in [4.78, 5) is 14.3. The zero-order valence-electron chi connectivity index (χ0n) is 25.7. The summed E-state index contributed by atoms with van der Waals surface area (Å²) in [5.41, 5.74) is 1.77. The molecule has 2 heterocycles. The molecule has 1 unspecified atom stereocenters. The molecule has 1 amide bonds. The lowest BCUT2D eigenvalue weighted by molar-refractivity contribution is 0.0296. The first kappa shape index (κ1) is 32.0. The molecular formula is C33H45N3O5S2. The van der Waals surface area contributed by atoms with E-state index < -0.39 is 26.8 Å². The SMILES string of the molecule is Cc1c(C(=O)NCC2(O)CCS(=O)(=O)CC2)cc(-c2ccc([S+]([O-])NC(C)(C)C)c3ccccc23)n1CC1CCCCC1. The highest BCUT2D eigenvalue weighted by atomic mass is 32.2. The molecule has 0 spiro atoms. The number of aromatic nitrogens is 1. The summed E-state index contributed by atoms with van der Waals surface area (Å²) < 4.78 is 42.5. The Balaban J connectivity index is 1.51. The smallest absolute Gasteiger partial charge is 0.253 e. The minimum Gasteiger partial charge on any atom is -0.593 e. The van der Waals surface area contributed by atoms with Crippen LogP contribution in [0.3, 0.4) is 0 Å². The van der Waals surface area contributed by atoms with E-state index in [4.69, 9.17) is 0 Å². The van der Waals surface area contributed by atoms with Crippen LogP contribution in [0.25, 0.3) is 22.0 Å². The van der Waals surface area contributed by atoms with Gasteiger partial charge in [-0.15, -0.1) is 4.72 Å². The molecule has 1 saturated carbocycles. The molecule has 43 heavy (non-hydrogen) atoms. The van der Waals surface area contributed by atoms with Gasteiger partial charge in [0.1, 0.15) is 0 Å². The molecule has 234 valence electrons. The standard InChI is InChI=1S/C33H45N3O5S2/c1-23-28(31(37)34-22-33(38)16-18-43(40,41)19-17-33)20-29(36(23)21-24-10-6-5-7-11-24)26-14-15-30(42(39)35-32(2,3)4)27-13-9-8-12-25(26)27/h8-9,12-15,20,24,35,38H,5-7,10-11,16-19,21-22H2,1-4H3,(H,34,37). The maximum Gasteiger partial charge on any atom is 0.253 e. The summed E-state index contributed by atoms with van der Waals surface area (Å²) in [5, 5.41) is 15.7. The van der Waals surface area contributed by atoms with Gasteiger partial charge in [-0.05, 0) is 88.9 Å². The Labute approximate surface area is 258 Å². The Morgan fingerprint density at radius 1 is 1.07 bits per heavy atom. The average Bonchev–Trinajstić information content (AvgIpc) is 3.28. The maximum atomic E-state index is 13.6. The first-order valence-electron chi connectivity index (χ1n) is 15.4. The Bertz CT molecular complexity index is 1570. The van der Waals surface area contributed by atoms with Crippen LogP contribution in [-0.2, 0) is 27.7 Å². The second-order valence-corrected chi connectivity index (χ2v) is 17.0. The molecule has 0 bridgehead atoms. The molecule has 3 aromatic rings. The van der Waals surface area contributed by atoms with Gasteiger partial charge in [-0.25, -0.2) is 8.42 Å². The topological polar surface area (TPSA) is 123 Å². The molecule has 10 heteroatoms. The second-order valence-electron chi connectivity index (χ2n) is 13.5. The highest BCUT2D eigenvalue weighted by molar-refractivity contribution is 7.91. The summed E-state index contributed by atoms with van der Waals surface area (Å²) in [6.45, 7) is 8.76. The third-order valence-electron chi connectivity index (χ3n) is 8.87. The van der Waals surface area contributed by atoms with E-state index in [1.165, 1.54) is 19.3 Å².